The molecule has 0 saturated carbocycles. The number of hydrogen-bond donors (Lipinski definition) is 1. The van der Waals surface area contributed by atoms with Gasteiger partial charge in [-0.2, -0.15) is 8.78 Å². The minimum absolute atomic E-state index is 0.0812. The van der Waals surface area contributed by atoms with Crippen molar-refractivity contribution < 1.29 is 18.3 Å². The van der Waals surface area contributed by atoms with Gasteiger partial charge in [-0.1, -0.05) is 24.3 Å². The summed E-state index contributed by atoms with van der Waals surface area (Å²) in [6.07, 6.45) is 0. The van der Waals surface area contributed by atoms with Gasteiger partial charge in [0, 0.05) is 26.3 Å². The van der Waals surface area contributed by atoms with Gasteiger partial charge in [-0.3, -0.25) is 4.79 Å². The number of nitrogens with zero attached hydrogens (tertiary/aromatic N) is 1. The van der Waals surface area contributed by atoms with Crippen molar-refractivity contribution in [2.24, 2.45) is 0 Å². The van der Waals surface area contributed by atoms with Gasteiger partial charge in [0.15, 0.2) is 0 Å². The zero-order valence-electron chi connectivity index (χ0n) is 12.9. The summed E-state index contributed by atoms with van der Waals surface area (Å²) < 4.78 is 29.1. The van der Waals surface area contributed by atoms with Gasteiger partial charge in [-0.05, 0) is 29.8 Å². The summed E-state index contributed by atoms with van der Waals surface area (Å²) in [4.78, 5) is 14.1. The number of amides is 1. The van der Waals surface area contributed by atoms with Crippen LogP contribution in [0.15, 0.2) is 48.5 Å². The van der Waals surface area contributed by atoms with Crippen LogP contribution in [0, 0.1) is 0 Å². The highest BCUT2D eigenvalue weighted by atomic mass is 19.3. The molecule has 0 atom stereocenters. The van der Waals surface area contributed by atoms with Crippen LogP contribution in [0.4, 0.5) is 14.5 Å². The van der Waals surface area contributed by atoms with Gasteiger partial charge in [0.25, 0.3) is 5.91 Å². The number of carbonyl (C=O) groups is 1. The van der Waals surface area contributed by atoms with Crippen molar-refractivity contribution >= 4 is 11.6 Å². The zero-order chi connectivity index (χ0) is 16.8. The number of rotatable bonds is 6. The molecular formula is C17H18F2N2O2. The minimum atomic E-state index is -2.97. The molecule has 1 N–H and O–H groups in total. The van der Waals surface area contributed by atoms with Crippen molar-refractivity contribution in [3.63, 3.8) is 0 Å². The van der Waals surface area contributed by atoms with Crippen LogP contribution in [-0.2, 0) is 6.54 Å². The predicted octanol–water partition coefficient (Wildman–Crippen LogP) is 3.28. The molecule has 0 aliphatic heterocycles. The van der Waals surface area contributed by atoms with E-state index in [2.05, 4.69) is 10.1 Å². The second-order valence-corrected chi connectivity index (χ2v) is 5.12. The second kappa shape index (κ2) is 7.58. The second-order valence-electron chi connectivity index (χ2n) is 5.12. The van der Waals surface area contributed by atoms with Gasteiger partial charge in [-0.15, -0.1) is 0 Å². The Bertz CT molecular complexity index is 658. The molecule has 0 heterocycles. The van der Waals surface area contributed by atoms with Crippen LogP contribution in [0.5, 0.6) is 5.75 Å². The highest BCUT2D eigenvalue weighted by Gasteiger charge is 2.14. The molecule has 23 heavy (non-hydrogen) atoms. The molecule has 0 saturated heterocycles. The van der Waals surface area contributed by atoms with E-state index in [9.17, 15) is 13.6 Å². The number of anilines is 1. The third-order valence-corrected chi connectivity index (χ3v) is 3.25. The van der Waals surface area contributed by atoms with Gasteiger partial charge < -0.3 is 15.0 Å². The predicted molar refractivity (Wildman–Crippen MR) is 85.0 cm³/mol. The number of nitrogens with one attached hydrogen (secondary N) is 1. The first kappa shape index (κ1) is 16.7. The van der Waals surface area contributed by atoms with E-state index in [1.54, 1.807) is 6.07 Å². The van der Waals surface area contributed by atoms with Crippen molar-refractivity contribution in [3.05, 3.63) is 59.7 Å². The van der Waals surface area contributed by atoms with Crippen LogP contribution in [0.2, 0.25) is 0 Å². The molecule has 0 aromatic heterocycles. The van der Waals surface area contributed by atoms with Gasteiger partial charge in [0.1, 0.15) is 5.75 Å². The lowest BCUT2D eigenvalue weighted by atomic mass is 10.1. The highest BCUT2D eigenvalue weighted by Crippen LogP contribution is 2.20. The van der Waals surface area contributed by atoms with Crippen LogP contribution < -0.4 is 15.0 Å². The van der Waals surface area contributed by atoms with Crippen LogP contribution in [0.1, 0.15) is 15.9 Å². The van der Waals surface area contributed by atoms with E-state index in [-0.39, 0.29) is 11.3 Å². The topological polar surface area (TPSA) is 41.6 Å². The first-order chi connectivity index (χ1) is 11.0. The molecule has 0 aliphatic carbocycles. The van der Waals surface area contributed by atoms with E-state index in [0.717, 1.165) is 11.3 Å². The number of alkyl halides is 2. The number of ether oxygens (including phenoxy) is 1. The highest BCUT2D eigenvalue weighted by molar-refractivity contribution is 5.96. The quantitative estimate of drug-likeness (QED) is 0.888. The lowest BCUT2D eigenvalue weighted by molar-refractivity contribution is -0.0501. The Morgan fingerprint density at radius 2 is 1.78 bits per heavy atom. The van der Waals surface area contributed by atoms with Crippen molar-refractivity contribution in [2.75, 3.05) is 19.0 Å². The maximum absolute atomic E-state index is 12.4. The average Bonchev–Trinajstić information content (AvgIpc) is 2.53. The summed E-state index contributed by atoms with van der Waals surface area (Å²) in [6.45, 7) is -2.67. The smallest absolute Gasteiger partial charge is 0.387 e. The number of hydrogen-bond acceptors (Lipinski definition) is 3. The standard InChI is InChI=1S/C17H18F2N2O2/c1-21(2)13-9-7-12(8-10-13)11-20-16(22)14-5-3-4-6-15(14)23-17(18)19/h3-10,17H,11H2,1-2H3,(H,20,22). The lowest BCUT2D eigenvalue weighted by Gasteiger charge is -2.13. The summed E-state index contributed by atoms with van der Waals surface area (Å²) in [6, 6.07) is 13.6. The first-order valence-corrected chi connectivity index (χ1v) is 7.05. The number of halogens is 2. The first-order valence-electron chi connectivity index (χ1n) is 7.05. The molecule has 0 fully saturated rings. The summed E-state index contributed by atoms with van der Waals surface area (Å²) in [7, 11) is 3.88. The van der Waals surface area contributed by atoms with Crippen LogP contribution >= 0.6 is 0 Å². The molecule has 6 heteroatoms. The van der Waals surface area contributed by atoms with Crippen LogP contribution in [0.3, 0.4) is 0 Å². The fraction of sp³-hybridized carbons (Fsp3) is 0.235. The van der Waals surface area contributed by atoms with Gasteiger partial charge >= 0.3 is 6.61 Å². The number of benzene rings is 2. The van der Waals surface area contributed by atoms with Gasteiger partial charge in [-0.25, -0.2) is 0 Å². The summed E-state index contributed by atoms with van der Waals surface area (Å²) in [5.41, 5.74) is 2.05. The fourth-order valence-electron chi connectivity index (χ4n) is 2.04. The zero-order valence-corrected chi connectivity index (χ0v) is 12.9. The molecule has 0 unspecified atom stereocenters. The molecule has 1 amide bonds. The van der Waals surface area contributed by atoms with Crippen molar-refractivity contribution in [2.45, 2.75) is 13.2 Å². The van der Waals surface area contributed by atoms with E-state index in [1.165, 1.54) is 18.2 Å². The molecule has 2 rings (SSSR count). The maximum Gasteiger partial charge on any atom is 0.387 e. The Kier molecular flexibility index (Phi) is 5.51. The number of carbonyl (C=O) groups excluding carboxylic acids is 1. The molecule has 0 radical (unpaired) electrons. The van der Waals surface area contributed by atoms with Crippen LogP contribution in [0.25, 0.3) is 0 Å². The van der Waals surface area contributed by atoms with Gasteiger partial charge in [0.2, 0.25) is 0 Å². The van der Waals surface area contributed by atoms with Gasteiger partial charge in [0.05, 0.1) is 5.56 Å². The Morgan fingerprint density at radius 1 is 1.13 bits per heavy atom. The Balaban J connectivity index is 2.02. The monoisotopic (exact) mass is 320 g/mol. The minimum Gasteiger partial charge on any atom is -0.434 e. The Hall–Kier alpha value is -2.63. The summed E-state index contributed by atoms with van der Waals surface area (Å²) >= 11 is 0. The SMILES string of the molecule is CN(C)c1ccc(CNC(=O)c2ccccc2OC(F)F)cc1. The maximum atomic E-state index is 12.4. The molecule has 0 spiro atoms. The molecular weight excluding hydrogens is 302 g/mol. The van der Waals surface area contributed by atoms with Crippen LogP contribution in [-0.4, -0.2) is 26.6 Å². The van der Waals surface area contributed by atoms with E-state index in [0.29, 0.717) is 6.54 Å². The molecule has 0 bridgehead atoms. The molecule has 2 aromatic carbocycles. The fourth-order valence-corrected chi connectivity index (χ4v) is 2.04. The number of para-hydroxylation sites is 1. The normalized spacial score (nSPS) is 10.5. The van der Waals surface area contributed by atoms with E-state index in [1.807, 2.05) is 43.3 Å². The summed E-state index contributed by atoms with van der Waals surface area (Å²) in [5, 5.41) is 2.70. The third-order valence-electron chi connectivity index (χ3n) is 3.25. The Morgan fingerprint density at radius 3 is 2.39 bits per heavy atom. The Labute approximate surface area is 133 Å². The van der Waals surface area contributed by atoms with E-state index >= 15 is 0 Å². The van der Waals surface area contributed by atoms with E-state index in [4.69, 9.17) is 0 Å². The van der Waals surface area contributed by atoms with E-state index < -0.39 is 12.5 Å². The average molecular weight is 320 g/mol. The third kappa shape index (κ3) is 4.67. The molecule has 4 nitrogen and oxygen atoms in total. The molecule has 122 valence electrons. The molecule has 2 aromatic rings. The largest absolute Gasteiger partial charge is 0.434 e. The lowest BCUT2D eigenvalue weighted by Crippen LogP contribution is -2.23. The molecule has 0 aliphatic rings. The van der Waals surface area contributed by atoms with Crippen molar-refractivity contribution in [3.8, 4) is 5.75 Å². The van der Waals surface area contributed by atoms with Crippen molar-refractivity contribution in [1.82, 2.24) is 5.32 Å². The van der Waals surface area contributed by atoms with Crippen molar-refractivity contribution in [1.29, 1.82) is 0 Å². The summed E-state index contributed by atoms with van der Waals surface area (Å²) in [5.74, 6) is -0.596.